The van der Waals surface area contributed by atoms with Gasteiger partial charge in [-0.25, -0.2) is 8.42 Å². The van der Waals surface area contributed by atoms with Gasteiger partial charge in [-0.2, -0.15) is 0 Å². The van der Waals surface area contributed by atoms with Gasteiger partial charge in [0.25, 0.3) is 15.9 Å². The van der Waals surface area contributed by atoms with E-state index < -0.39 is 10.0 Å². The van der Waals surface area contributed by atoms with Crippen molar-refractivity contribution < 1.29 is 13.2 Å². The first-order valence-electron chi connectivity index (χ1n) is 8.64. The number of sulfonamides is 1. The Balaban J connectivity index is 1.83. The second-order valence-corrected chi connectivity index (χ2v) is 8.86. The van der Waals surface area contributed by atoms with Crippen LogP contribution in [-0.4, -0.2) is 26.3 Å². The fourth-order valence-corrected chi connectivity index (χ4v) is 4.19. The smallest absolute Gasteiger partial charge is 0.261 e. The van der Waals surface area contributed by atoms with Gasteiger partial charge in [-0.3, -0.25) is 9.52 Å². The van der Waals surface area contributed by atoms with Crippen molar-refractivity contribution in [2.75, 3.05) is 11.8 Å². The third-order valence-corrected chi connectivity index (χ3v) is 6.31. The fraction of sp³-hybridized carbons (Fsp3) is 0.0952. The monoisotopic (exact) mass is 448 g/mol. The quantitative estimate of drug-likeness (QED) is 0.572. The summed E-state index contributed by atoms with van der Waals surface area (Å²) in [5.41, 5.74) is 1.23. The maximum Gasteiger partial charge on any atom is 0.261 e. The summed E-state index contributed by atoms with van der Waals surface area (Å²) in [5, 5.41) is 0.784. The summed E-state index contributed by atoms with van der Waals surface area (Å²) >= 11 is 12.4. The molecule has 1 amide bonds. The number of amides is 1. The van der Waals surface area contributed by atoms with E-state index in [4.69, 9.17) is 23.2 Å². The number of hydrogen-bond acceptors (Lipinski definition) is 3. The Morgan fingerprint density at radius 1 is 0.931 bits per heavy atom. The van der Waals surface area contributed by atoms with E-state index in [0.29, 0.717) is 5.02 Å². The van der Waals surface area contributed by atoms with Gasteiger partial charge >= 0.3 is 0 Å². The molecule has 0 aliphatic carbocycles. The van der Waals surface area contributed by atoms with Crippen molar-refractivity contribution in [3.8, 4) is 0 Å². The van der Waals surface area contributed by atoms with Crippen molar-refractivity contribution >= 4 is 44.8 Å². The van der Waals surface area contributed by atoms with E-state index >= 15 is 0 Å². The molecule has 0 atom stereocenters. The number of hydrogen-bond donors (Lipinski definition) is 1. The highest BCUT2D eigenvalue weighted by atomic mass is 35.5. The molecule has 5 nitrogen and oxygen atoms in total. The first-order chi connectivity index (χ1) is 13.8. The van der Waals surface area contributed by atoms with Gasteiger partial charge in [0.05, 0.1) is 15.5 Å². The highest BCUT2D eigenvalue weighted by molar-refractivity contribution is 7.92. The van der Waals surface area contributed by atoms with Gasteiger partial charge < -0.3 is 4.90 Å². The van der Waals surface area contributed by atoms with Crippen molar-refractivity contribution in [1.29, 1.82) is 0 Å². The Morgan fingerprint density at radius 2 is 1.59 bits per heavy atom. The minimum Gasteiger partial charge on any atom is -0.337 e. The van der Waals surface area contributed by atoms with E-state index in [0.717, 1.165) is 5.56 Å². The van der Waals surface area contributed by atoms with E-state index in [1.54, 1.807) is 31.3 Å². The summed E-state index contributed by atoms with van der Waals surface area (Å²) in [6.07, 6.45) is 0. The van der Waals surface area contributed by atoms with Gasteiger partial charge in [-0.1, -0.05) is 59.6 Å². The molecule has 0 saturated carbocycles. The Kier molecular flexibility index (Phi) is 6.47. The van der Waals surface area contributed by atoms with Gasteiger partial charge in [0.15, 0.2) is 0 Å². The van der Waals surface area contributed by atoms with Gasteiger partial charge in [-0.05, 0) is 42.0 Å². The second kappa shape index (κ2) is 8.86. The van der Waals surface area contributed by atoms with E-state index in [1.807, 2.05) is 18.2 Å². The van der Waals surface area contributed by atoms with Gasteiger partial charge in [0, 0.05) is 24.3 Å². The summed E-state index contributed by atoms with van der Waals surface area (Å²) in [5.74, 6) is -0.351. The van der Waals surface area contributed by atoms with E-state index in [1.165, 1.54) is 35.2 Å². The summed E-state index contributed by atoms with van der Waals surface area (Å²) in [6.45, 7) is 0.287. The fourth-order valence-electron chi connectivity index (χ4n) is 2.73. The van der Waals surface area contributed by atoms with Crippen molar-refractivity contribution in [2.45, 2.75) is 11.4 Å². The predicted octanol–water partition coefficient (Wildman–Crippen LogP) is 5.07. The van der Waals surface area contributed by atoms with Crippen LogP contribution >= 0.6 is 23.2 Å². The highest BCUT2D eigenvalue weighted by Crippen LogP contribution is 2.25. The van der Waals surface area contributed by atoms with E-state index in [2.05, 4.69) is 4.72 Å². The Hall–Kier alpha value is -2.54. The number of carbonyl (C=O) groups is 1. The molecule has 0 bridgehead atoms. The molecule has 150 valence electrons. The van der Waals surface area contributed by atoms with Crippen molar-refractivity contribution in [1.82, 2.24) is 4.90 Å². The van der Waals surface area contributed by atoms with Crippen LogP contribution in [0.2, 0.25) is 10.0 Å². The third kappa shape index (κ3) is 5.09. The molecule has 29 heavy (non-hydrogen) atoms. The predicted molar refractivity (Wildman–Crippen MR) is 116 cm³/mol. The number of benzene rings is 3. The van der Waals surface area contributed by atoms with Crippen molar-refractivity contribution in [3.05, 3.63) is 94.0 Å². The standard InChI is InChI=1S/C21H18Cl2N2O3S/c1-25(14-15-7-5-6-10-19(15)22)21(26)18-13-16(11-12-20(18)23)24-29(27,28)17-8-3-2-4-9-17/h2-13,24H,14H2,1H3. The summed E-state index contributed by atoms with van der Waals surface area (Å²) in [4.78, 5) is 14.5. The van der Waals surface area contributed by atoms with E-state index in [-0.39, 0.29) is 33.6 Å². The maximum atomic E-state index is 12.9. The van der Waals surface area contributed by atoms with E-state index in [9.17, 15) is 13.2 Å². The molecule has 0 aliphatic heterocycles. The molecule has 3 aromatic rings. The lowest BCUT2D eigenvalue weighted by Gasteiger charge is -2.19. The number of halogens is 2. The van der Waals surface area contributed by atoms with Gasteiger partial charge in [0.1, 0.15) is 0 Å². The first kappa shape index (κ1) is 21.2. The zero-order valence-electron chi connectivity index (χ0n) is 15.5. The number of anilines is 1. The lowest BCUT2D eigenvalue weighted by atomic mass is 10.1. The molecule has 3 rings (SSSR count). The van der Waals surface area contributed by atoms with Crippen LogP contribution in [0.3, 0.4) is 0 Å². The summed E-state index contributed by atoms with van der Waals surface area (Å²) < 4.78 is 27.5. The number of carbonyl (C=O) groups excluding carboxylic acids is 1. The number of rotatable bonds is 6. The minimum atomic E-state index is -3.78. The normalized spacial score (nSPS) is 11.1. The molecule has 0 unspecified atom stereocenters. The van der Waals surface area contributed by atoms with Gasteiger partial charge in [-0.15, -0.1) is 0 Å². The topological polar surface area (TPSA) is 66.5 Å². The number of nitrogens with zero attached hydrogens (tertiary/aromatic N) is 1. The van der Waals surface area contributed by atoms with Crippen LogP contribution in [-0.2, 0) is 16.6 Å². The van der Waals surface area contributed by atoms with Crippen LogP contribution in [0.1, 0.15) is 15.9 Å². The average molecular weight is 449 g/mol. The molecule has 0 saturated heterocycles. The van der Waals surface area contributed by atoms with Gasteiger partial charge in [0.2, 0.25) is 0 Å². The molecular formula is C21H18Cl2N2O3S. The zero-order valence-corrected chi connectivity index (χ0v) is 17.8. The minimum absolute atomic E-state index is 0.124. The summed E-state index contributed by atoms with van der Waals surface area (Å²) in [7, 11) is -2.15. The van der Waals surface area contributed by atoms with Crippen LogP contribution in [0.4, 0.5) is 5.69 Å². The molecule has 0 aliphatic rings. The lowest BCUT2D eigenvalue weighted by Crippen LogP contribution is -2.26. The molecule has 0 heterocycles. The Bertz CT molecular complexity index is 1140. The zero-order chi connectivity index (χ0) is 21.0. The Labute approximate surface area is 179 Å². The molecule has 3 aromatic carbocycles. The van der Waals surface area contributed by atoms with Crippen LogP contribution in [0.25, 0.3) is 0 Å². The molecule has 1 N–H and O–H groups in total. The average Bonchev–Trinajstić information content (AvgIpc) is 2.71. The van der Waals surface area contributed by atoms with Crippen LogP contribution in [0.15, 0.2) is 77.7 Å². The molecule has 0 spiro atoms. The highest BCUT2D eigenvalue weighted by Gasteiger charge is 2.19. The number of nitrogens with one attached hydrogen (secondary N) is 1. The van der Waals surface area contributed by atoms with Crippen LogP contribution < -0.4 is 4.72 Å². The van der Waals surface area contributed by atoms with Crippen LogP contribution in [0, 0.1) is 0 Å². The lowest BCUT2D eigenvalue weighted by molar-refractivity contribution is 0.0785. The molecule has 0 radical (unpaired) electrons. The molecule has 8 heteroatoms. The third-order valence-electron chi connectivity index (χ3n) is 4.21. The molecule has 0 fully saturated rings. The molecular weight excluding hydrogens is 431 g/mol. The largest absolute Gasteiger partial charge is 0.337 e. The Morgan fingerprint density at radius 3 is 2.28 bits per heavy atom. The van der Waals surface area contributed by atoms with Crippen molar-refractivity contribution in [3.63, 3.8) is 0 Å². The van der Waals surface area contributed by atoms with Crippen molar-refractivity contribution in [2.24, 2.45) is 0 Å². The SMILES string of the molecule is CN(Cc1ccccc1Cl)C(=O)c1cc(NS(=O)(=O)c2ccccc2)ccc1Cl. The second-order valence-electron chi connectivity index (χ2n) is 6.37. The molecule has 0 aromatic heterocycles. The first-order valence-corrected chi connectivity index (χ1v) is 10.9. The van der Waals surface area contributed by atoms with Crippen LogP contribution in [0.5, 0.6) is 0 Å². The summed E-state index contributed by atoms with van der Waals surface area (Å²) in [6, 6.07) is 19.6. The maximum absolute atomic E-state index is 12.9.